The minimum absolute atomic E-state index is 0.175. The van der Waals surface area contributed by atoms with E-state index < -0.39 is 5.92 Å². The predicted octanol–water partition coefficient (Wildman–Crippen LogP) is 5.53. The number of nitrogens with zero attached hydrogens (tertiary/aromatic N) is 3. The quantitative estimate of drug-likeness (QED) is 0.429. The lowest BCUT2D eigenvalue weighted by Gasteiger charge is -2.33. The fourth-order valence-corrected chi connectivity index (χ4v) is 4.99. The van der Waals surface area contributed by atoms with Gasteiger partial charge in [-0.25, -0.2) is 9.37 Å². The van der Waals surface area contributed by atoms with Gasteiger partial charge in [0.2, 0.25) is 5.91 Å². The molecule has 32 heavy (non-hydrogen) atoms. The number of amides is 1. The van der Waals surface area contributed by atoms with Crippen LogP contribution in [0, 0.1) is 12.7 Å². The highest BCUT2D eigenvalue weighted by Crippen LogP contribution is 2.33. The zero-order valence-electron chi connectivity index (χ0n) is 17.3. The first-order valence-electron chi connectivity index (χ1n) is 10.2. The average molecular weight is 467 g/mol. The summed E-state index contributed by atoms with van der Waals surface area (Å²) in [7, 11) is 0. The van der Waals surface area contributed by atoms with E-state index in [1.165, 1.54) is 12.1 Å². The lowest BCUT2D eigenvalue weighted by molar-refractivity contribution is -0.118. The zero-order chi connectivity index (χ0) is 22.2. The van der Waals surface area contributed by atoms with Crippen LogP contribution in [0.1, 0.15) is 27.7 Å². The number of anilines is 1. The van der Waals surface area contributed by atoms with E-state index in [-0.39, 0.29) is 11.7 Å². The first-order valence-corrected chi connectivity index (χ1v) is 11.5. The van der Waals surface area contributed by atoms with Gasteiger partial charge in [0.05, 0.1) is 28.5 Å². The molecule has 0 saturated carbocycles. The maximum Gasteiger partial charge on any atom is 0.233 e. The third-order valence-electron chi connectivity index (χ3n) is 5.67. The molecular weight excluding hydrogens is 447 g/mol. The Morgan fingerprint density at radius 1 is 1.28 bits per heavy atom. The molecule has 1 aliphatic rings. The molecule has 0 aliphatic carbocycles. The van der Waals surface area contributed by atoms with Gasteiger partial charge in [-0.3, -0.25) is 14.7 Å². The molecule has 0 bridgehead atoms. The van der Waals surface area contributed by atoms with Crippen molar-refractivity contribution in [3.05, 3.63) is 86.8 Å². The Hall–Kier alpha value is -2.87. The first-order chi connectivity index (χ1) is 15.5. The van der Waals surface area contributed by atoms with Crippen LogP contribution in [0.4, 0.5) is 10.1 Å². The maximum absolute atomic E-state index is 13.9. The van der Waals surface area contributed by atoms with Gasteiger partial charge in [0.25, 0.3) is 0 Å². The van der Waals surface area contributed by atoms with Crippen LogP contribution in [-0.4, -0.2) is 27.3 Å². The molecule has 1 amide bonds. The number of carbonyl (C=O) groups is 1. The molecule has 8 heteroatoms. The van der Waals surface area contributed by atoms with Crippen LogP contribution in [0.2, 0.25) is 5.02 Å². The third-order valence-corrected chi connectivity index (χ3v) is 6.72. The molecule has 1 atom stereocenters. The average Bonchev–Trinajstić information content (AvgIpc) is 3.18. The highest BCUT2D eigenvalue weighted by atomic mass is 35.5. The number of carbonyl (C=O) groups excluding carboxylic acids is 1. The standard InChI is InChI=1S/C24H20ClFN4OS/c1-14-28-19(13-32-14)11-30-10-16-2-4-17(25)6-20(16)22(12-30)24(31)29-23-9-27-8-15-3-5-18(26)7-21(15)23/h2-9,13,22H,10-12H2,1H3,(H,29,31). The number of fused-ring (bicyclic) bond motifs is 2. The van der Waals surface area contributed by atoms with Crippen molar-refractivity contribution in [2.75, 3.05) is 11.9 Å². The molecule has 3 heterocycles. The molecule has 2 aromatic carbocycles. The summed E-state index contributed by atoms with van der Waals surface area (Å²) in [6, 6.07) is 10.1. The number of aryl methyl sites for hydroxylation is 1. The third kappa shape index (κ3) is 4.24. The number of thiazole rings is 1. The van der Waals surface area contributed by atoms with Gasteiger partial charge in [-0.15, -0.1) is 11.3 Å². The number of benzene rings is 2. The number of aromatic nitrogens is 2. The summed E-state index contributed by atoms with van der Waals surface area (Å²) in [5, 5.41) is 8.03. The topological polar surface area (TPSA) is 58.1 Å². The highest BCUT2D eigenvalue weighted by molar-refractivity contribution is 7.09. The van der Waals surface area contributed by atoms with Crippen LogP contribution in [0.3, 0.4) is 0 Å². The number of pyridine rings is 1. The minimum atomic E-state index is -0.430. The largest absolute Gasteiger partial charge is 0.324 e. The van der Waals surface area contributed by atoms with E-state index in [4.69, 9.17) is 11.6 Å². The molecule has 1 N–H and O–H groups in total. The highest BCUT2D eigenvalue weighted by Gasteiger charge is 2.31. The van der Waals surface area contributed by atoms with Gasteiger partial charge in [0.1, 0.15) is 5.82 Å². The van der Waals surface area contributed by atoms with Gasteiger partial charge in [-0.2, -0.15) is 0 Å². The van der Waals surface area contributed by atoms with E-state index in [2.05, 4.69) is 25.6 Å². The lowest BCUT2D eigenvalue weighted by Crippen LogP contribution is -2.38. The van der Waals surface area contributed by atoms with Crippen molar-refractivity contribution in [2.45, 2.75) is 25.9 Å². The van der Waals surface area contributed by atoms with E-state index in [0.717, 1.165) is 27.2 Å². The van der Waals surface area contributed by atoms with Gasteiger partial charge >= 0.3 is 0 Å². The number of rotatable bonds is 4. The summed E-state index contributed by atoms with van der Waals surface area (Å²) >= 11 is 7.89. The van der Waals surface area contributed by atoms with E-state index in [1.807, 2.05) is 25.1 Å². The Kier molecular flexibility index (Phi) is 5.63. The van der Waals surface area contributed by atoms with Gasteiger partial charge in [0, 0.05) is 47.0 Å². The molecular formula is C24H20ClFN4OS. The van der Waals surface area contributed by atoms with Gasteiger partial charge in [-0.1, -0.05) is 17.7 Å². The molecule has 0 fully saturated rings. The second kappa shape index (κ2) is 8.58. The van der Waals surface area contributed by atoms with Gasteiger partial charge in [-0.05, 0) is 48.4 Å². The Morgan fingerprint density at radius 3 is 2.97 bits per heavy atom. The van der Waals surface area contributed by atoms with Crippen LogP contribution in [0.25, 0.3) is 10.8 Å². The van der Waals surface area contributed by atoms with Gasteiger partial charge in [0.15, 0.2) is 0 Å². The van der Waals surface area contributed by atoms with E-state index >= 15 is 0 Å². The lowest BCUT2D eigenvalue weighted by atomic mass is 9.88. The molecule has 2 aromatic heterocycles. The summed E-state index contributed by atoms with van der Waals surface area (Å²) in [6.07, 6.45) is 3.20. The zero-order valence-corrected chi connectivity index (χ0v) is 18.9. The Bertz CT molecular complexity index is 1320. The summed E-state index contributed by atoms with van der Waals surface area (Å²) in [5.74, 6) is -0.967. The predicted molar refractivity (Wildman–Crippen MR) is 125 cm³/mol. The van der Waals surface area contributed by atoms with Crippen molar-refractivity contribution in [2.24, 2.45) is 0 Å². The number of halogens is 2. The van der Waals surface area contributed by atoms with Crippen molar-refractivity contribution in [1.82, 2.24) is 14.9 Å². The van der Waals surface area contributed by atoms with Crippen molar-refractivity contribution >= 4 is 45.3 Å². The summed E-state index contributed by atoms with van der Waals surface area (Å²) in [5.41, 5.74) is 3.47. The fraction of sp³-hybridized carbons (Fsp3) is 0.208. The van der Waals surface area contributed by atoms with Crippen LogP contribution in [0.5, 0.6) is 0 Å². The van der Waals surface area contributed by atoms with Crippen LogP contribution < -0.4 is 5.32 Å². The van der Waals surface area contributed by atoms with E-state index in [0.29, 0.717) is 35.7 Å². The number of hydrogen-bond acceptors (Lipinski definition) is 5. The molecule has 0 spiro atoms. The number of nitrogens with one attached hydrogen (secondary N) is 1. The molecule has 1 unspecified atom stereocenters. The summed E-state index contributed by atoms with van der Waals surface area (Å²) < 4.78 is 13.9. The second-order valence-electron chi connectivity index (χ2n) is 7.96. The summed E-state index contributed by atoms with van der Waals surface area (Å²) in [6.45, 7) is 3.90. The smallest absolute Gasteiger partial charge is 0.233 e. The van der Waals surface area contributed by atoms with Crippen molar-refractivity contribution < 1.29 is 9.18 Å². The Labute approximate surface area is 193 Å². The van der Waals surface area contributed by atoms with Crippen molar-refractivity contribution in [3.8, 4) is 0 Å². The SMILES string of the molecule is Cc1nc(CN2Cc3ccc(Cl)cc3C(C(=O)Nc3cncc4ccc(F)cc34)C2)cs1. The monoisotopic (exact) mass is 466 g/mol. The molecule has 162 valence electrons. The van der Waals surface area contributed by atoms with Crippen LogP contribution in [-0.2, 0) is 17.9 Å². The molecule has 5 nitrogen and oxygen atoms in total. The molecule has 4 aromatic rings. The Morgan fingerprint density at radius 2 is 2.16 bits per heavy atom. The molecule has 0 radical (unpaired) electrons. The summed E-state index contributed by atoms with van der Waals surface area (Å²) in [4.78, 5) is 24.4. The minimum Gasteiger partial charge on any atom is -0.324 e. The number of hydrogen-bond donors (Lipinski definition) is 1. The van der Waals surface area contributed by atoms with E-state index in [9.17, 15) is 9.18 Å². The van der Waals surface area contributed by atoms with Crippen LogP contribution in [0.15, 0.2) is 54.2 Å². The second-order valence-corrected chi connectivity index (χ2v) is 9.46. The van der Waals surface area contributed by atoms with Crippen molar-refractivity contribution in [3.63, 3.8) is 0 Å². The maximum atomic E-state index is 13.9. The van der Waals surface area contributed by atoms with Gasteiger partial charge < -0.3 is 5.32 Å². The normalized spacial score (nSPS) is 16.2. The molecule has 1 aliphatic heterocycles. The fourth-order valence-electron chi connectivity index (χ4n) is 4.21. The van der Waals surface area contributed by atoms with Crippen LogP contribution >= 0.6 is 22.9 Å². The van der Waals surface area contributed by atoms with E-state index in [1.54, 1.807) is 29.8 Å². The molecule has 0 saturated heterocycles. The Balaban J connectivity index is 1.46. The van der Waals surface area contributed by atoms with Crippen molar-refractivity contribution in [1.29, 1.82) is 0 Å². The first kappa shape index (κ1) is 21.0. The molecule has 5 rings (SSSR count).